The summed E-state index contributed by atoms with van der Waals surface area (Å²) < 4.78 is 44.4. The smallest absolute Gasteiger partial charge is 0.165 e. The lowest BCUT2D eigenvalue weighted by atomic mass is 9.99. The number of hydrogen-bond acceptors (Lipinski definition) is 3. The summed E-state index contributed by atoms with van der Waals surface area (Å²) in [6.45, 7) is 0. The Kier molecular flexibility index (Phi) is 4.82. The maximum atomic E-state index is 13.4. The molecule has 0 aromatic heterocycles. The molecule has 0 spiro atoms. The first-order chi connectivity index (χ1) is 10.0. The van der Waals surface area contributed by atoms with Crippen LogP contribution in [0.2, 0.25) is 0 Å². The second-order valence-electron chi connectivity index (χ2n) is 4.57. The summed E-state index contributed by atoms with van der Waals surface area (Å²) in [5.74, 6) is 3.29. The molecule has 0 saturated carbocycles. The molecule has 0 bridgehead atoms. The molecule has 112 valence electrons. The van der Waals surface area contributed by atoms with E-state index in [1.54, 1.807) is 6.07 Å². The van der Waals surface area contributed by atoms with Crippen LogP contribution in [0.1, 0.15) is 17.2 Å². The first kappa shape index (κ1) is 15.3. The molecule has 0 aliphatic heterocycles. The topological polar surface area (TPSA) is 47.3 Å². The van der Waals surface area contributed by atoms with E-state index in [1.165, 1.54) is 25.3 Å². The molecule has 0 fully saturated rings. The van der Waals surface area contributed by atoms with Gasteiger partial charge >= 0.3 is 0 Å². The molecular weight excluding hydrogens is 281 g/mol. The molecule has 0 heterocycles. The predicted molar refractivity (Wildman–Crippen MR) is 73.1 cm³/mol. The van der Waals surface area contributed by atoms with Crippen molar-refractivity contribution in [3.63, 3.8) is 0 Å². The maximum Gasteiger partial charge on any atom is 0.165 e. The second-order valence-corrected chi connectivity index (χ2v) is 4.57. The van der Waals surface area contributed by atoms with Gasteiger partial charge in [-0.1, -0.05) is 12.1 Å². The van der Waals surface area contributed by atoms with Crippen LogP contribution in [0.5, 0.6) is 5.75 Å². The number of methoxy groups -OCH3 is 1. The monoisotopic (exact) mass is 296 g/mol. The summed E-state index contributed by atoms with van der Waals surface area (Å²) in [7, 11) is 1.36. The Morgan fingerprint density at radius 2 is 1.76 bits per heavy atom. The third kappa shape index (κ3) is 3.53. The van der Waals surface area contributed by atoms with Gasteiger partial charge in [0.25, 0.3) is 0 Å². The molecule has 1 unspecified atom stereocenters. The standard InChI is InChI=1S/C15H15F3N2O/c1-21-15-8-10(3-5-12(15)17)14(20-19)7-9-2-4-11(16)13(18)6-9/h2-6,8,14,20H,7,19H2,1H3. The molecule has 0 amide bonds. The number of nitrogens with one attached hydrogen (secondary N) is 1. The lowest BCUT2D eigenvalue weighted by molar-refractivity contribution is 0.384. The maximum absolute atomic E-state index is 13.4. The Morgan fingerprint density at radius 3 is 2.38 bits per heavy atom. The summed E-state index contributed by atoms with van der Waals surface area (Å²) in [6.07, 6.45) is 0.322. The Bertz CT molecular complexity index is 634. The van der Waals surface area contributed by atoms with E-state index in [4.69, 9.17) is 10.6 Å². The van der Waals surface area contributed by atoms with E-state index in [1.807, 2.05) is 0 Å². The van der Waals surface area contributed by atoms with Gasteiger partial charge in [0.2, 0.25) is 0 Å². The summed E-state index contributed by atoms with van der Waals surface area (Å²) >= 11 is 0. The van der Waals surface area contributed by atoms with Crippen LogP contribution in [0.4, 0.5) is 13.2 Å². The largest absolute Gasteiger partial charge is 0.494 e. The van der Waals surface area contributed by atoms with E-state index >= 15 is 0 Å². The average Bonchev–Trinajstić information content (AvgIpc) is 2.49. The van der Waals surface area contributed by atoms with Gasteiger partial charge < -0.3 is 4.74 Å². The zero-order valence-electron chi connectivity index (χ0n) is 11.4. The minimum atomic E-state index is -0.917. The van der Waals surface area contributed by atoms with Crippen molar-refractivity contribution >= 4 is 0 Å². The minimum Gasteiger partial charge on any atom is -0.494 e. The van der Waals surface area contributed by atoms with E-state index in [2.05, 4.69) is 5.43 Å². The van der Waals surface area contributed by atoms with Gasteiger partial charge in [0, 0.05) is 0 Å². The van der Waals surface area contributed by atoms with E-state index in [9.17, 15) is 13.2 Å². The number of ether oxygens (including phenoxy) is 1. The van der Waals surface area contributed by atoms with E-state index in [0.29, 0.717) is 17.5 Å². The third-order valence-electron chi connectivity index (χ3n) is 3.20. The van der Waals surface area contributed by atoms with Gasteiger partial charge in [-0.25, -0.2) is 13.2 Å². The van der Waals surface area contributed by atoms with E-state index in [-0.39, 0.29) is 11.8 Å². The molecule has 6 heteroatoms. The van der Waals surface area contributed by atoms with Crippen LogP contribution < -0.4 is 16.0 Å². The number of hydrogen-bond donors (Lipinski definition) is 2. The normalized spacial score (nSPS) is 12.2. The van der Waals surface area contributed by atoms with Crippen molar-refractivity contribution in [2.45, 2.75) is 12.5 Å². The fraction of sp³-hybridized carbons (Fsp3) is 0.200. The number of rotatable bonds is 5. The molecular formula is C15H15F3N2O. The SMILES string of the molecule is COc1cc(C(Cc2ccc(F)c(F)c2)NN)ccc1F. The molecule has 2 rings (SSSR count). The van der Waals surface area contributed by atoms with Crippen LogP contribution in [0.25, 0.3) is 0 Å². The van der Waals surface area contributed by atoms with Gasteiger partial charge in [-0.3, -0.25) is 11.3 Å². The first-order valence-electron chi connectivity index (χ1n) is 6.28. The zero-order valence-corrected chi connectivity index (χ0v) is 11.4. The highest BCUT2D eigenvalue weighted by Gasteiger charge is 2.14. The first-order valence-corrected chi connectivity index (χ1v) is 6.28. The van der Waals surface area contributed by atoms with Gasteiger partial charge in [-0.05, 0) is 41.8 Å². The fourth-order valence-electron chi connectivity index (χ4n) is 2.07. The Labute approximate surface area is 120 Å². The molecule has 3 nitrogen and oxygen atoms in total. The molecule has 2 aromatic carbocycles. The highest BCUT2D eigenvalue weighted by atomic mass is 19.2. The number of halogens is 3. The van der Waals surface area contributed by atoms with Crippen molar-refractivity contribution in [3.05, 3.63) is 65.0 Å². The highest BCUT2D eigenvalue weighted by molar-refractivity contribution is 5.33. The van der Waals surface area contributed by atoms with Crippen LogP contribution in [-0.2, 0) is 6.42 Å². The van der Waals surface area contributed by atoms with E-state index < -0.39 is 17.5 Å². The molecule has 1 atom stereocenters. The molecule has 0 radical (unpaired) electrons. The van der Waals surface area contributed by atoms with Crippen molar-refractivity contribution in [3.8, 4) is 5.75 Å². The number of benzene rings is 2. The highest BCUT2D eigenvalue weighted by Crippen LogP contribution is 2.25. The summed E-state index contributed by atoms with van der Waals surface area (Å²) in [6, 6.07) is 7.60. The van der Waals surface area contributed by atoms with Crippen LogP contribution >= 0.6 is 0 Å². The molecule has 2 aromatic rings. The van der Waals surface area contributed by atoms with Gasteiger partial charge in [-0.2, -0.15) is 0 Å². The summed E-state index contributed by atoms with van der Waals surface area (Å²) in [5, 5.41) is 0. The number of hydrazine groups is 1. The van der Waals surface area contributed by atoms with Gasteiger partial charge in [0.05, 0.1) is 13.2 Å². The summed E-state index contributed by atoms with van der Waals surface area (Å²) in [4.78, 5) is 0. The van der Waals surface area contributed by atoms with Crippen LogP contribution in [0.3, 0.4) is 0 Å². The van der Waals surface area contributed by atoms with Gasteiger partial charge in [-0.15, -0.1) is 0 Å². The van der Waals surface area contributed by atoms with Crippen molar-refractivity contribution in [1.82, 2.24) is 5.43 Å². The fourth-order valence-corrected chi connectivity index (χ4v) is 2.07. The van der Waals surface area contributed by atoms with Crippen molar-refractivity contribution < 1.29 is 17.9 Å². The van der Waals surface area contributed by atoms with Crippen LogP contribution in [0.15, 0.2) is 36.4 Å². The van der Waals surface area contributed by atoms with Crippen LogP contribution in [0, 0.1) is 17.5 Å². The van der Waals surface area contributed by atoms with Crippen LogP contribution in [-0.4, -0.2) is 7.11 Å². The van der Waals surface area contributed by atoms with Crippen molar-refractivity contribution in [1.29, 1.82) is 0 Å². The second kappa shape index (κ2) is 6.60. The van der Waals surface area contributed by atoms with Crippen molar-refractivity contribution in [2.75, 3.05) is 7.11 Å². The Hall–Kier alpha value is -2.05. The molecule has 21 heavy (non-hydrogen) atoms. The van der Waals surface area contributed by atoms with Crippen molar-refractivity contribution in [2.24, 2.45) is 5.84 Å². The molecule has 0 aliphatic carbocycles. The third-order valence-corrected chi connectivity index (χ3v) is 3.20. The minimum absolute atomic E-state index is 0.0954. The zero-order chi connectivity index (χ0) is 15.4. The lowest BCUT2D eigenvalue weighted by Crippen LogP contribution is -2.29. The average molecular weight is 296 g/mol. The Morgan fingerprint density at radius 1 is 1.05 bits per heavy atom. The lowest BCUT2D eigenvalue weighted by Gasteiger charge is -2.17. The quantitative estimate of drug-likeness (QED) is 0.659. The predicted octanol–water partition coefficient (Wildman–Crippen LogP) is 2.86. The molecule has 0 saturated heterocycles. The number of nitrogens with two attached hydrogens (primary N) is 1. The van der Waals surface area contributed by atoms with Gasteiger partial charge in [0.1, 0.15) is 0 Å². The van der Waals surface area contributed by atoms with E-state index in [0.717, 1.165) is 12.1 Å². The van der Waals surface area contributed by atoms with Gasteiger partial charge in [0.15, 0.2) is 23.2 Å². The molecule has 3 N–H and O–H groups in total. The summed E-state index contributed by atoms with van der Waals surface area (Å²) in [5.41, 5.74) is 3.83. The molecule has 0 aliphatic rings. The Balaban J connectivity index is 2.25.